The van der Waals surface area contributed by atoms with E-state index in [1.54, 1.807) is 0 Å². The minimum absolute atomic E-state index is 0.411. The second kappa shape index (κ2) is 31.7. The number of furan rings is 2. The molecule has 0 atom stereocenters. The lowest BCUT2D eigenvalue weighted by Gasteiger charge is -2.40. The molecule has 0 unspecified atom stereocenters. The number of anilines is 6. The molecule has 5 aliphatic rings. The summed E-state index contributed by atoms with van der Waals surface area (Å²) in [7, 11) is -0.442. The summed E-state index contributed by atoms with van der Waals surface area (Å²) in [5, 5.41) is 10.1. The van der Waals surface area contributed by atoms with E-state index in [9.17, 15) is 0 Å². The molecule has 0 radical (unpaired) electrons. The van der Waals surface area contributed by atoms with E-state index in [0.717, 1.165) is 140 Å². The maximum atomic E-state index is 6.69. The predicted octanol–water partition coefficient (Wildman–Crippen LogP) is 33.0. The van der Waals surface area contributed by atoms with Crippen LogP contribution in [0.2, 0.25) is 5.02 Å². The van der Waals surface area contributed by atoms with Crippen molar-refractivity contribution in [1.82, 2.24) is 0 Å². The second-order valence-corrected chi connectivity index (χ2v) is 36.7. The van der Waals surface area contributed by atoms with Crippen molar-refractivity contribution in [2.75, 3.05) is 9.80 Å². The lowest BCUT2D eigenvalue weighted by atomic mass is 9.64. The highest BCUT2D eigenvalue weighted by Gasteiger charge is 2.56. The first-order chi connectivity index (χ1) is 65.8. The van der Waals surface area contributed by atoms with Gasteiger partial charge in [0.2, 0.25) is 0 Å². The zero-order valence-electron chi connectivity index (χ0n) is 74.0. The number of fused-ring (bicyclic) bond motifs is 28. The monoisotopic (exact) mass is 1740 g/mol. The summed E-state index contributed by atoms with van der Waals surface area (Å²) in [5.74, 6) is 3.57. The lowest BCUT2D eigenvalue weighted by Crippen LogP contribution is -2.41. The van der Waals surface area contributed by atoms with Crippen molar-refractivity contribution in [3.05, 3.63) is 498 Å². The Labute approximate surface area is 782 Å². The average molecular weight is 1750 g/mol. The molecule has 2 aliphatic carbocycles. The van der Waals surface area contributed by atoms with Crippen LogP contribution in [-0.2, 0) is 20.1 Å². The summed E-state index contributed by atoms with van der Waals surface area (Å²) in [5.41, 5.74) is 30.5. The first kappa shape index (κ1) is 80.1. The van der Waals surface area contributed by atoms with Gasteiger partial charge in [-0.15, -0.1) is 0 Å². The summed E-state index contributed by atoms with van der Waals surface area (Å²) in [4.78, 5) is 4.54. The van der Waals surface area contributed by atoms with Gasteiger partial charge in [-0.3, -0.25) is 0 Å². The summed E-state index contributed by atoms with van der Waals surface area (Å²) in [6, 6.07) is 159. The van der Waals surface area contributed by atoms with Crippen LogP contribution in [0.4, 0.5) is 34.1 Å². The first-order valence-electron chi connectivity index (χ1n) is 45.8. The molecule has 20 aromatic carbocycles. The van der Waals surface area contributed by atoms with Crippen molar-refractivity contribution in [2.24, 2.45) is 0 Å². The van der Waals surface area contributed by atoms with Gasteiger partial charge in [-0.25, -0.2) is 0 Å². The highest BCUT2D eigenvalue weighted by atomic mass is 35.5. The molecule has 10 heteroatoms. The summed E-state index contributed by atoms with van der Waals surface area (Å²) < 4.78 is 39.3. The molecule has 3 aliphatic heterocycles. The van der Waals surface area contributed by atoms with Gasteiger partial charge in [-0.05, 0) is 248 Å². The molecule has 638 valence electrons. The lowest BCUT2D eigenvalue weighted by molar-refractivity contribution is 0.00578. The van der Waals surface area contributed by atoms with Gasteiger partial charge >= 0.3 is 7.12 Å². The van der Waals surface area contributed by atoms with Gasteiger partial charge in [0.15, 0.2) is 11.2 Å². The van der Waals surface area contributed by atoms with Gasteiger partial charge in [0.1, 0.15) is 34.2 Å². The molecule has 27 rings (SSSR count). The van der Waals surface area contributed by atoms with Crippen LogP contribution in [0.1, 0.15) is 72.2 Å². The first-order valence-corrected chi connectivity index (χ1v) is 46.2. The molecule has 22 aromatic rings. The van der Waals surface area contributed by atoms with Crippen LogP contribution >= 0.6 is 11.6 Å². The molecule has 5 heterocycles. The van der Waals surface area contributed by atoms with Gasteiger partial charge < -0.3 is 37.4 Å². The van der Waals surface area contributed by atoms with Gasteiger partial charge in [0.05, 0.1) is 33.4 Å². The van der Waals surface area contributed by atoms with E-state index < -0.39 is 29.2 Å². The Bertz CT molecular complexity index is 8310. The molecule has 134 heavy (non-hydrogen) atoms. The highest BCUT2D eigenvalue weighted by Crippen LogP contribution is 2.66. The zero-order valence-corrected chi connectivity index (χ0v) is 74.8. The summed E-state index contributed by atoms with van der Waals surface area (Å²) in [6.45, 7) is 8.42. The third-order valence-corrected chi connectivity index (χ3v) is 28.7. The van der Waals surface area contributed by atoms with Crippen LogP contribution in [0.25, 0.3) is 121 Å². The van der Waals surface area contributed by atoms with Crippen LogP contribution in [0, 0.1) is 0 Å². The van der Waals surface area contributed by atoms with E-state index in [4.69, 9.17) is 39.2 Å². The molecule has 1 saturated heterocycles. The standard InChI is InChI=1S/C59H37NO2.C35H29BO3.C30H20ClNO/c1-2-13-38(14-3-1)39-25-31-43(32-26-39)60(53-21-12-18-49-47-17-6-9-22-54(47)62-58(49)53)44-33-27-40(28-34-44)42-30-35-46-48-36-29-41-15-4-5-16-45(41)57(48)59(52(46)37-42)50-19-7-10-23-55(50)61-56-24-11-8-20-51(56)59;1-33(2)34(3,4)39-36(38-33)23-18-20-25-26-19-17-22-11-5-6-12-24(22)32(26)35(29(25)21-23)27-13-7-9-15-30(27)37-31-16-10-8-14-28(31)35;31-23-15-19-25(20-16-23)32(24-17-13-22(14-18-24)21-7-2-1-3-8-21)28-11-6-10-27-26-9-4-5-12-29(26)33-30(27)28/h1-37H;5-21H,1-4H3;1-20H. The van der Waals surface area contributed by atoms with E-state index in [-0.39, 0.29) is 0 Å². The number of ether oxygens (including phenoxy) is 2. The third kappa shape index (κ3) is 12.7. The maximum absolute atomic E-state index is 6.69. The molecule has 0 amide bonds. The second-order valence-electron chi connectivity index (χ2n) is 36.3. The maximum Gasteiger partial charge on any atom is 0.494 e. The van der Waals surface area contributed by atoms with Crippen molar-refractivity contribution in [3.8, 4) is 78.6 Å². The van der Waals surface area contributed by atoms with Crippen LogP contribution < -0.4 is 24.7 Å². The molecule has 0 bridgehead atoms. The van der Waals surface area contributed by atoms with E-state index in [1.165, 1.54) is 88.3 Å². The average Bonchev–Trinajstić information content (AvgIpc) is 1.51. The Morgan fingerprint density at radius 1 is 0.246 bits per heavy atom. The Balaban J connectivity index is 0.000000115. The van der Waals surface area contributed by atoms with Gasteiger partial charge in [-0.1, -0.05) is 345 Å². The van der Waals surface area contributed by atoms with E-state index in [0.29, 0.717) is 5.02 Å². The van der Waals surface area contributed by atoms with Crippen molar-refractivity contribution in [1.29, 1.82) is 0 Å². The largest absolute Gasteiger partial charge is 0.494 e. The van der Waals surface area contributed by atoms with Crippen LogP contribution in [-0.4, -0.2) is 18.3 Å². The molecule has 0 saturated carbocycles. The Morgan fingerprint density at radius 2 is 0.567 bits per heavy atom. The number of hydrogen-bond donors (Lipinski definition) is 0. The van der Waals surface area contributed by atoms with Crippen molar-refractivity contribution in [3.63, 3.8) is 0 Å². The Hall–Kier alpha value is -16.0. The minimum Gasteiger partial charge on any atom is -0.457 e. The molecule has 1 fully saturated rings. The Kier molecular flexibility index (Phi) is 18.9. The van der Waals surface area contributed by atoms with Gasteiger partial charge in [-0.2, -0.15) is 0 Å². The van der Waals surface area contributed by atoms with Gasteiger partial charge in [0.25, 0.3) is 0 Å². The van der Waals surface area contributed by atoms with E-state index in [2.05, 4.69) is 426 Å². The summed E-state index contributed by atoms with van der Waals surface area (Å²) >= 11 is 6.21. The van der Waals surface area contributed by atoms with E-state index >= 15 is 0 Å². The molecule has 8 nitrogen and oxygen atoms in total. The fraction of sp³-hybridized carbons (Fsp3) is 0.0645. The number of nitrogens with zero attached hydrogens (tertiary/aromatic N) is 2. The van der Waals surface area contributed by atoms with Crippen molar-refractivity contribution >= 4 is 124 Å². The topological polar surface area (TPSA) is 69.7 Å². The molecule has 0 N–H and O–H groups in total. The number of halogens is 1. The van der Waals surface area contributed by atoms with Gasteiger partial charge in [0, 0.05) is 71.6 Å². The molecular weight excluding hydrogens is 1660 g/mol. The predicted molar refractivity (Wildman–Crippen MR) is 550 cm³/mol. The molecule has 2 aromatic heterocycles. The third-order valence-electron chi connectivity index (χ3n) is 28.4. The highest BCUT2D eigenvalue weighted by molar-refractivity contribution is 6.62. The van der Waals surface area contributed by atoms with Crippen LogP contribution in [0.3, 0.4) is 0 Å². The number of benzene rings is 20. The zero-order chi connectivity index (χ0) is 89.5. The number of rotatable bonds is 10. The minimum atomic E-state index is -0.582. The van der Waals surface area contributed by atoms with Crippen molar-refractivity contribution < 1.29 is 27.6 Å². The Morgan fingerprint density at radius 3 is 0.993 bits per heavy atom. The molecule has 2 spiro atoms. The number of para-hydroxylation sites is 8. The van der Waals surface area contributed by atoms with Crippen LogP contribution in [0.15, 0.2) is 458 Å². The SMILES string of the molecule is CC1(C)OB(c2ccc3c(c2)C2(c4ccccc4Oc4ccccc42)c2c-3ccc3ccccc23)OC1(C)C.Clc1ccc(N(c2ccc(-c3ccccc3)cc2)c2cccc3c2oc2ccccc23)cc1.c1ccc(-c2ccc(N(c3ccc(-c4ccc5c(c4)C4(c6ccccc6Oc6ccccc64)c4c-5ccc5ccccc45)cc3)c3cccc4c3oc3ccccc34)cc2)cc1. The molecular formula is C124H86BClN2O6. The fourth-order valence-electron chi connectivity index (χ4n) is 21.6. The van der Waals surface area contributed by atoms with Crippen molar-refractivity contribution in [2.45, 2.75) is 49.7 Å². The normalized spacial score (nSPS) is 14.3. The quantitative estimate of drug-likeness (QED) is 0.125. The summed E-state index contributed by atoms with van der Waals surface area (Å²) in [6.07, 6.45) is 0. The number of hydrogen-bond acceptors (Lipinski definition) is 8. The smallest absolute Gasteiger partial charge is 0.457 e. The van der Waals surface area contributed by atoms with E-state index in [1.807, 2.05) is 60.7 Å². The van der Waals surface area contributed by atoms with Crippen LogP contribution in [0.5, 0.6) is 23.0 Å². The fourth-order valence-corrected chi connectivity index (χ4v) is 21.7.